The van der Waals surface area contributed by atoms with Crippen LogP contribution in [0.5, 0.6) is 0 Å². The number of unbranched alkanes of at least 4 members (excludes halogenated alkanes) is 40. The number of nitrogens with one attached hydrogen (secondary N) is 1. The molecule has 0 radical (unpaired) electrons. The lowest BCUT2D eigenvalue weighted by molar-refractivity contribution is -0.123. The van der Waals surface area contributed by atoms with Crippen molar-refractivity contribution in [1.29, 1.82) is 0 Å². The predicted molar refractivity (Wildman–Crippen MR) is 313 cm³/mol. The van der Waals surface area contributed by atoms with E-state index in [4.69, 9.17) is 0 Å². The Morgan fingerprint density at radius 1 is 0.343 bits per heavy atom. The third-order valence-electron chi connectivity index (χ3n) is 14.1. The van der Waals surface area contributed by atoms with Crippen LogP contribution in [-0.4, -0.2) is 34.9 Å². The summed E-state index contributed by atoms with van der Waals surface area (Å²) in [7, 11) is 0. The molecule has 0 aliphatic heterocycles. The molecule has 0 saturated heterocycles. The standard InChI is InChI=1S/C66H121NO3/c1-3-5-7-9-11-13-15-17-19-21-23-25-27-29-30-31-32-33-34-35-36-38-39-41-43-45-47-49-51-53-55-57-59-61-65(69)64(63-68)67-66(70)62-60-58-56-54-52-50-48-46-44-42-40-37-28-26-24-22-20-18-16-14-12-10-8-6-4-2/h16,18,22,24,28,37,43,45,51,53,59,61,64-65,68-69H,3-15,17,19-21,23,25-27,29-36,38-42,44,46-50,52,54-58,60,62-63H2,1-2H3,(H,67,70)/b18-16-,24-22-,37-28-,45-43+,53-51+,61-59+. The van der Waals surface area contributed by atoms with Crippen molar-refractivity contribution in [3.05, 3.63) is 72.9 Å². The van der Waals surface area contributed by atoms with Gasteiger partial charge in [-0.15, -0.1) is 0 Å². The highest BCUT2D eigenvalue weighted by Crippen LogP contribution is 2.17. The first-order valence-corrected chi connectivity index (χ1v) is 31.2. The maximum absolute atomic E-state index is 12.5. The molecule has 1 amide bonds. The fourth-order valence-electron chi connectivity index (χ4n) is 9.40. The molecular weight excluding hydrogens is 855 g/mol. The number of carbonyl (C=O) groups is 1. The van der Waals surface area contributed by atoms with E-state index in [0.29, 0.717) is 6.42 Å². The molecule has 3 N–H and O–H groups in total. The molecule has 0 bridgehead atoms. The largest absolute Gasteiger partial charge is 0.394 e. The minimum Gasteiger partial charge on any atom is -0.394 e. The monoisotopic (exact) mass is 976 g/mol. The van der Waals surface area contributed by atoms with Gasteiger partial charge in [0.1, 0.15) is 0 Å². The Bertz CT molecular complexity index is 1200. The summed E-state index contributed by atoms with van der Waals surface area (Å²) in [5.41, 5.74) is 0. The number of hydrogen-bond donors (Lipinski definition) is 3. The maximum atomic E-state index is 12.5. The number of allylic oxidation sites excluding steroid dienone is 11. The molecule has 4 nitrogen and oxygen atoms in total. The molecule has 0 rings (SSSR count). The number of aliphatic hydroxyl groups excluding tert-OH is 2. The second-order valence-electron chi connectivity index (χ2n) is 21.1. The number of amides is 1. The zero-order valence-corrected chi connectivity index (χ0v) is 47.0. The van der Waals surface area contributed by atoms with Gasteiger partial charge in [0, 0.05) is 6.42 Å². The second-order valence-corrected chi connectivity index (χ2v) is 21.1. The Morgan fingerprint density at radius 2 is 0.600 bits per heavy atom. The lowest BCUT2D eigenvalue weighted by Crippen LogP contribution is -2.45. The molecule has 0 aromatic carbocycles. The Kier molecular flexibility index (Phi) is 59.2. The van der Waals surface area contributed by atoms with Gasteiger partial charge in [0.2, 0.25) is 5.91 Å². The van der Waals surface area contributed by atoms with Crippen LogP contribution < -0.4 is 5.32 Å². The van der Waals surface area contributed by atoms with Gasteiger partial charge in [0.05, 0.1) is 18.8 Å². The summed E-state index contributed by atoms with van der Waals surface area (Å²) in [5.74, 6) is -0.0810. The van der Waals surface area contributed by atoms with E-state index >= 15 is 0 Å². The van der Waals surface area contributed by atoms with Crippen LogP contribution in [0.15, 0.2) is 72.9 Å². The summed E-state index contributed by atoms with van der Waals surface area (Å²) in [5, 5.41) is 23.2. The highest BCUT2D eigenvalue weighted by atomic mass is 16.3. The van der Waals surface area contributed by atoms with Crippen molar-refractivity contribution in [2.75, 3.05) is 6.61 Å². The van der Waals surface area contributed by atoms with Crippen molar-refractivity contribution in [2.24, 2.45) is 0 Å². The van der Waals surface area contributed by atoms with Crippen LogP contribution in [0.4, 0.5) is 0 Å². The molecule has 4 heteroatoms. The van der Waals surface area contributed by atoms with Gasteiger partial charge >= 0.3 is 0 Å². The molecule has 0 heterocycles. The molecular formula is C66H121NO3. The minimum absolute atomic E-state index is 0.0810. The normalized spacial score (nSPS) is 13.3. The molecule has 0 aromatic heterocycles. The first kappa shape index (κ1) is 67.8. The van der Waals surface area contributed by atoms with Crippen molar-refractivity contribution >= 4 is 5.91 Å². The summed E-state index contributed by atoms with van der Waals surface area (Å²) in [6.45, 7) is 4.31. The van der Waals surface area contributed by atoms with Crippen LogP contribution in [-0.2, 0) is 4.79 Å². The average molecular weight is 977 g/mol. The zero-order valence-electron chi connectivity index (χ0n) is 47.0. The maximum Gasteiger partial charge on any atom is 0.220 e. The van der Waals surface area contributed by atoms with Crippen LogP contribution in [0.2, 0.25) is 0 Å². The van der Waals surface area contributed by atoms with E-state index in [-0.39, 0.29) is 12.5 Å². The smallest absolute Gasteiger partial charge is 0.220 e. The fourth-order valence-corrected chi connectivity index (χ4v) is 9.40. The Morgan fingerprint density at radius 3 is 0.929 bits per heavy atom. The SMILES string of the molecule is CCCCCCC/C=C\C/C=C\C/C=C\CCCCCCCCCCCCC(=O)NC(CO)C(O)/C=C/CC/C=C/CC/C=C/CCCCCCCCCCCCCCCCCCCCCCCCC. The van der Waals surface area contributed by atoms with Crippen molar-refractivity contribution < 1.29 is 15.0 Å². The average Bonchev–Trinajstić information content (AvgIpc) is 3.36. The summed E-state index contributed by atoms with van der Waals surface area (Å²) in [4.78, 5) is 12.5. The van der Waals surface area contributed by atoms with Gasteiger partial charge in [-0.2, -0.15) is 0 Å². The van der Waals surface area contributed by atoms with Gasteiger partial charge in [-0.3, -0.25) is 4.79 Å². The van der Waals surface area contributed by atoms with E-state index in [1.807, 2.05) is 6.08 Å². The number of rotatable bonds is 57. The number of aliphatic hydroxyl groups is 2. The van der Waals surface area contributed by atoms with Crippen molar-refractivity contribution in [3.63, 3.8) is 0 Å². The van der Waals surface area contributed by atoms with Gasteiger partial charge in [-0.1, -0.05) is 305 Å². The zero-order chi connectivity index (χ0) is 50.6. The Balaban J connectivity index is 3.55. The Hall–Kier alpha value is -2.17. The third kappa shape index (κ3) is 56.7. The quantitative estimate of drug-likeness (QED) is 0.0420. The van der Waals surface area contributed by atoms with E-state index < -0.39 is 12.1 Å². The molecule has 0 saturated carbocycles. The molecule has 0 spiro atoms. The summed E-state index contributed by atoms with van der Waals surface area (Å²) < 4.78 is 0. The molecule has 0 fully saturated rings. The predicted octanol–water partition coefficient (Wildman–Crippen LogP) is 20.9. The van der Waals surface area contributed by atoms with Crippen LogP contribution in [0.3, 0.4) is 0 Å². The van der Waals surface area contributed by atoms with E-state index in [2.05, 4.69) is 79.9 Å². The first-order valence-electron chi connectivity index (χ1n) is 31.2. The summed E-state index contributed by atoms with van der Waals surface area (Å²) in [6.07, 6.45) is 88.1. The lowest BCUT2D eigenvalue weighted by Gasteiger charge is -2.19. The van der Waals surface area contributed by atoms with Crippen LogP contribution in [0.1, 0.15) is 322 Å². The fraction of sp³-hybridized carbons (Fsp3) is 0.803. The Labute approximate surface area is 438 Å². The van der Waals surface area contributed by atoms with Gasteiger partial charge in [0.15, 0.2) is 0 Å². The first-order chi connectivity index (χ1) is 34.7. The molecule has 0 aliphatic rings. The van der Waals surface area contributed by atoms with E-state index in [9.17, 15) is 15.0 Å². The summed E-state index contributed by atoms with van der Waals surface area (Å²) in [6, 6.07) is -0.653. The van der Waals surface area contributed by atoms with Crippen molar-refractivity contribution in [2.45, 2.75) is 334 Å². The van der Waals surface area contributed by atoms with E-state index in [0.717, 1.165) is 51.4 Å². The second kappa shape index (κ2) is 61.1. The van der Waals surface area contributed by atoms with Crippen molar-refractivity contribution in [1.82, 2.24) is 5.32 Å². The third-order valence-corrected chi connectivity index (χ3v) is 14.1. The van der Waals surface area contributed by atoms with Gasteiger partial charge < -0.3 is 15.5 Å². The topological polar surface area (TPSA) is 69.6 Å². The van der Waals surface area contributed by atoms with Gasteiger partial charge in [0.25, 0.3) is 0 Å². The van der Waals surface area contributed by atoms with Gasteiger partial charge in [-0.05, 0) is 83.5 Å². The van der Waals surface area contributed by atoms with Crippen LogP contribution in [0, 0.1) is 0 Å². The molecule has 70 heavy (non-hydrogen) atoms. The highest BCUT2D eigenvalue weighted by Gasteiger charge is 2.18. The van der Waals surface area contributed by atoms with Crippen molar-refractivity contribution in [3.8, 4) is 0 Å². The lowest BCUT2D eigenvalue weighted by atomic mass is 10.0. The van der Waals surface area contributed by atoms with Crippen LogP contribution in [0.25, 0.3) is 0 Å². The molecule has 0 aromatic rings. The molecule has 0 aliphatic carbocycles. The van der Waals surface area contributed by atoms with Crippen LogP contribution >= 0.6 is 0 Å². The number of carbonyl (C=O) groups excluding carboxylic acids is 1. The highest BCUT2D eigenvalue weighted by molar-refractivity contribution is 5.76. The molecule has 2 unspecified atom stereocenters. The summed E-state index contributed by atoms with van der Waals surface area (Å²) >= 11 is 0. The number of hydrogen-bond acceptors (Lipinski definition) is 3. The molecule has 2 atom stereocenters. The molecule has 408 valence electrons. The van der Waals surface area contributed by atoms with E-state index in [1.54, 1.807) is 6.08 Å². The van der Waals surface area contributed by atoms with E-state index in [1.165, 1.54) is 250 Å². The van der Waals surface area contributed by atoms with Gasteiger partial charge in [-0.25, -0.2) is 0 Å². The minimum atomic E-state index is -0.877.